The van der Waals surface area contributed by atoms with Crippen molar-refractivity contribution in [1.82, 2.24) is 10.2 Å². The Labute approximate surface area is 180 Å². The molecule has 1 atom stereocenters. The molecule has 0 aliphatic carbocycles. The molecular formula is C23H21ClN4O2. The highest BCUT2D eigenvalue weighted by Crippen LogP contribution is 2.26. The van der Waals surface area contributed by atoms with Crippen molar-refractivity contribution in [1.29, 1.82) is 5.26 Å². The summed E-state index contributed by atoms with van der Waals surface area (Å²) in [6.45, 7) is 0.244. The average molecular weight is 421 g/mol. The van der Waals surface area contributed by atoms with E-state index in [1.807, 2.05) is 67.5 Å². The largest absolute Gasteiger partial charge is 0.346 e. The predicted octanol–water partition coefficient (Wildman–Crippen LogP) is 3.72. The molecule has 0 spiro atoms. The van der Waals surface area contributed by atoms with Crippen molar-refractivity contribution in [3.8, 4) is 6.07 Å². The standard InChI is InChI=1S/C23H21ClN4O2/c1-28(2)21(19-9-5-7-15-6-3-4-8-18(15)19)14-26-22(29)23(30)27-20-12-17(24)11-10-16(20)13-25/h3-12,21H,14H2,1-2H3,(H,26,29)(H,27,30)/t21-/m1/s1. The fourth-order valence-corrected chi connectivity index (χ4v) is 3.45. The van der Waals surface area contributed by atoms with E-state index in [9.17, 15) is 9.59 Å². The summed E-state index contributed by atoms with van der Waals surface area (Å²) in [5.41, 5.74) is 1.48. The van der Waals surface area contributed by atoms with E-state index in [4.69, 9.17) is 16.9 Å². The summed E-state index contributed by atoms with van der Waals surface area (Å²) in [7, 11) is 3.84. The number of benzene rings is 3. The van der Waals surface area contributed by atoms with Crippen molar-refractivity contribution >= 4 is 39.9 Å². The Morgan fingerprint density at radius 1 is 1.07 bits per heavy atom. The van der Waals surface area contributed by atoms with Gasteiger partial charge in [0.2, 0.25) is 0 Å². The zero-order chi connectivity index (χ0) is 21.7. The molecule has 0 aliphatic heterocycles. The number of hydrogen-bond acceptors (Lipinski definition) is 4. The number of nitriles is 1. The third kappa shape index (κ3) is 4.77. The van der Waals surface area contributed by atoms with Crippen LogP contribution < -0.4 is 10.6 Å². The number of halogens is 1. The van der Waals surface area contributed by atoms with Crippen molar-refractivity contribution in [3.05, 3.63) is 76.8 Å². The molecule has 0 saturated heterocycles. The lowest BCUT2D eigenvalue weighted by molar-refractivity contribution is -0.136. The van der Waals surface area contributed by atoms with E-state index in [-0.39, 0.29) is 23.8 Å². The molecule has 7 heteroatoms. The maximum Gasteiger partial charge on any atom is 0.313 e. The molecule has 30 heavy (non-hydrogen) atoms. The fourth-order valence-electron chi connectivity index (χ4n) is 3.28. The van der Waals surface area contributed by atoms with Gasteiger partial charge in [0, 0.05) is 11.6 Å². The molecule has 3 rings (SSSR count). The van der Waals surface area contributed by atoms with Crippen LogP contribution in [0.4, 0.5) is 5.69 Å². The van der Waals surface area contributed by atoms with Gasteiger partial charge in [0.05, 0.1) is 17.3 Å². The van der Waals surface area contributed by atoms with E-state index < -0.39 is 11.8 Å². The van der Waals surface area contributed by atoms with Gasteiger partial charge >= 0.3 is 11.8 Å². The Kier molecular flexibility index (Phi) is 6.68. The molecule has 0 aromatic heterocycles. The van der Waals surface area contributed by atoms with Crippen LogP contribution in [0, 0.1) is 11.3 Å². The number of rotatable bonds is 5. The summed E-state index contributed by atoms with van der Waals surface area (Å²) >= 11 is 5.92. The Morgan fingerprint density at radius 3 is 2.53 bits per heavy atom. The first-order chi connectivity index (χ1) is 14.4. The van der Waals surface area contributed by atoms with Crippen LogP contribution in [0.15, 0.2) is 60.7 Å². The molecule has 0 bridgehead atoms. The first-order valence-electron chi connectivity index (χ1n) is 9.33. The first kappa shape index (κ1) is 21.3. The molecule has 0 radical (unpaired) electrons. The van der Waals surface area contributed by atoms with Gasteiger partial charge in [-0.05, 0) is 48.6 Å². The molecule has 3 aromatic carbocycles. The molecule has 6 nitrogen and oxygen atoms in total. The number of nitrogens with one attached hydrogen (secondary N) is 2. The number of carbonyl (C=O) groups excluding carboxylic acids is 2. The maximum absolute atomic E-state index is 12.4. The molecule has 152 valence electrons. The highest BCUT2D eigenvalue weighted by Gasteiger charge is 2.21. The number of fused-ring (bicyclic) bond motifs is 1. The first-order valence-corrected chi connectivity index (χ1v) is 9.71. The lowest BCUT2D eigenvalue weighted by atomic mass is 9.98. The third-order valence-corrected chi connectivity index (χ3v) is 5.05. The van der Waals surface area contributed by atoms with Crippen LogP contribution in [-0.4, -0.2) is 37.4 Å². The van der Waals surface area contributed by atoms with Gasteiger partial charge in [-0.15, -0.1) is 0 Å². The average Bonchev–Trinajstić information content (AvgIpc) is 2.73. The predicted molar refractivity (Wildman–Crippen MR) is 118 cm³/mol. The summed E-state index contributed by atoms with van der Waals surface area (Å²) in [5, 5.41) is 16.9. The number of hydrogen-bond donors (Lipinski definition) is 2. The topological polar surface area (TPSA) is 85.2 Å². The normalized spacial score (nSPS) is 11.7. The van der Waals surface area contributed by atoms with Crippen LogP contribution in [0.5, 0.6) is 0 Å². The Morgan fingerprint density at radius 2 is 1.80 bits per heavy atom. The summed E-state index contributed by atoms with van der Waals surface area (Å²) in [6, 6.07) is 20.4. The highest BCUT2D eigenvalue weighted by molar-refractivity contribution is 6.40. The highest BCUT2D eigenvalue weighted by atomic mass is 35.5. The van der Waals surface area contributed by atoms with Gasteiger partial charge < -0.3 is 15.5 Å². The Balaban J connectivity index is 1.74. The minimum atomic E-state index is -0.857. The lowest BCUT2D eigenvalue weighted by Gasteiger charge is -2.26. The van der Waals surface area contributed by atoms with Gasteiger partial charge in [-0.1, -0.05) is 54.1 Å². The minimum Gasteiger partial charge on any atom is -0.346 e. The minimum absolute atomic E-state index is 0.131. The molecule has 2 amide bonds. The second-order valence-corrected chi connectivity index (χ2v) is 7.45. The van der Waals surface area contributed by atoms with Crippen LogP contribution in [0.3, 0.4) is 0 Å². The van der Waals surface area contributed by atoms with E-state index in [0.29, 0.717) is 5.02 Å². The van der Waals surface area contributed by atoms with Gasteiger partial charge in [0.25, 0.3) is 0 Å². The lowest BCUT2D eigenvalue weighted by Crippen LogP contribution is -2.40. The number of nitrogens with zero attached hydrogens (tertiary/aromatic N) is 2. The zero-order valence-corrected chi connectivity index (χ0v) is 17.4. The van der Waals surface area contributed by atoms with Gasteiger partial charge in [-0.2, -0.15) is 5.26 Å². The fraction of sp³-hybridized carbons (Fsp3) is 0.174. The van der Waals surface area contributed by atoms with Crippen LogP contribution in [0.25, 0.3) is 10.8 Å². The summed E-state index contributed by atoms with van der Waals surface area (Å²) < 4.78 is 0. The van der Waals surface area contributed by atoms with E-state index in [2.05, 4.69) is 10.6 Å². The SMILES string of the molecule is CN(C)[C@H](CNC(=O)C(=O)Nc1cc(Cl)ccc1C#N)c1cccc2ccccc12. The van der Waals surface area contributed by atoms with E-state index in [1.165, 1.54) is 12.1 Å². The third-order valence-electron chi connectivity index (χ3n) is 4.82. The van der Waals surface area contributed by atoms with Gasteiger partial charge in [0.15, 0.2) is 0 Å². The van der Waals surface area contributed by atoms with Crippen molar-refractivity contribution in [2.75, 3.05) is 26.0 Å². The molecule has 0 heterocycles. The second-order valence-electron chi connectivity index (χ2n) is 7.01. The number of likely N-dealkylation sites (N-methyl/N-ethyl adjacent to an activating group) is 1. The van der Waals surface area contributed by atoms with E-state index >= 15 is 0 Å². The van der Waals surface area contributed by atoms with Crippen LogP contribution >= 0.6 is 11.6 Å². The molecule has 3 aromatic rings. The van der Waals surface area contributed by atoms with Gasteiger partial charge in [0.1, 0.15) is 6.07 Å². The van der Waals surface area contributed by atoms with E-state index in [0.717, 1.165) is 16.3 Å². The smallest absolute Gasteiger partial charge is 0.313 e. The maximum atomic E-state index is 12.4. The van der Waals surface area contributed by atoms with Crippen molar-refractivity contribution < 1.29 is 9.59 Å². The van der Waals surface area contributed by atoms with Crippen molar-refractivity contribution in [2.45, 2.75) is 6.04 Å². The van der Waals surface area contributed by atoms with Crippen molar-refractivity contribution in [3.63, 3.8) is 0 Å². The van der Waals surface area contributed by atoms with Gasteiger partial charge in [-0.25, -0.2) is 0 Å². The van der Waals surface area contributed by atoms with Crippen LogP contribution in [-0.2, 0) is 9.59 Å². The second kappa shape index (κ2) is 9.40. The molecule has 0 aliphatic rings. The Bertz CT molecular complexity index is 1130. The number of carbonyl (C=O) groups is 2. The summed E-state index contributed by atoms with van der Waals surface area (Å²) in [5.74, 6) is -1.64. The molecule has 0 unspecified atom stereocenters. The Hall–Kier alpha value is -3.40. The summed E-state index contributed by atoms with van der Waals surface area (Å²) in [6.07, 6.45) is 0. The molecular weight excluding hydrogens is 400 g/mol. The molecule has 2 N–H and O–H groups in total. The van der Waals surface area contributed by atoms with Crippen LogP contribution in [0.1, 0.15) is 17.2 Å². The number of anilines is 1. The van der Waals surface area contributed by atoms with E-state index in [1.54, 1.807) is 6.07 Å². The molecule has 0 fully saturated rings. The molecule has 0 saturated carbocycles. The monoisotopic (exact) mass is 420 g/mol. The quantitative estimate of drug-likeness (QED) is 0.616. The number of amides is 2. The zero-order valence-electron chi connectivity index (χ0n) is 16.6. The van der Waals surface area contributed by atoms with Crippen LogP contribution in [0.2, 0.25) is 5.02 Å². The van der Waals surface area contributed by atoms with Crippen molar-refractivity contribution in [2.24, 2.45) is 0 Å². The summed E-state index contributed by atoms with van der Waals surface area (Å²) in [4.78, 5) is 26.7. The van der Waals surface area contributed by atoms with Gasteiger partial charge in [-0.3, -0.25) is 9.59 Å².